The van der Waals surface area contributed by atoms with E-state index in [0.29, 0.717) is 18.1 Å². The summed E-state index contributed by atoms with van der Waals surface area (Å²) in [7, 11) is 0. The van der Waals surface area contributed by atoms with Crippen molar-refractivity contribution in [2.75, 3.05) is 5.73 Å². The fourth-order valence-electron chi connectivity index (χ4n) is 2.09. The molecule has 0 amide bonds. The minimum Gasteiger partial charge on any atom is -0.399 e. The van der Waals surface area contributed by atoms with Gasteiger partial charge in [0.1, 0.15) is 12.4 Å². The molecule has 3 rings (SSSR count). The summed E-state index contributed by atoms with van der Waals surface area (Å²) >= 11 is 5.14. The predicted octanol–water partition coefficient (Wildman–Crippen LogP) is 2.98. The molecule has 6 heteroatoms. The smallest absolute Gasteiger partial charge is 0.136 e. The molecule has 1 aromatic carbocycles. The summed E-state index contributed by atoms with van der Waals surface area (Å²) < 4.78 is 3.12. The van der Waals surface area contributed by atoms with Crippen molar-refractivity contribution in [1.29, 1.82) is 0 Å². The van der Waals surface area contributed by atoms with Gasteiger partial charge in [-0.3, -0.25) is 0 Å². The minimum atomic E-state index is -0.0822. The molecule has 0 radical (unpaired) electrons. The van der Waals surface area contributed by atoms with Gasteiger partial charge in [-0.1, -0.05) is 0 Å². The molecule has 2 aromatic heterocycles. The molecule has 0 spiro atoms. The largest absolute Gasteiger partial charge is 0.399 e. The number of aromatic nitrogens is 2. The number of rotatable bonds is 3. The van der Waals surface area contributed by atoms with Crippen LogP contribution in [0.4, 0.5) is 5.69 Å². The first kappa shape index (κ1) is 12.7. The summed E-state index contributed by atoms with van der Waals surface area (Å²) in [6, 6.07) is 9.72. The predicted molar refractivity (Wildman–Crippen MR) is 81.2 cm³/mol. The Kier molecular flexibility index (Phi) is 3.30. The Labute approximate surface area is 122 Å². The highest BCUT2D eigenvalue weighted by molar-refractivity contribution is 9.11. The van der Waals surface area contributed by atoms with Crippen LogP contribution in [0.3, 0.4) is 0 Å². The Bertz CT molecular complexity index is 735. The molecule has 4 nitrogen and oxygen atoms in total. The average Bonchev–Trinajstić information content (AvgIpc) is 2.94. The normalized spacial score (nSPS) is 11.3. The Balaban J connectivity index is 2.10. The third kappa shape index (κ3) is 2.39. The average molecular weight is 338 g/mol. The molecular weight excluding hydrogens is 326 g/mol. The molecule has 19 heavy (non-hydrogen) atoms. The molecule has 0 unspecified atom stereocenters. The topological polar surface area (TPSA) is 64.1 Å². The number of nitrogens with zero attached hydrogens (tertiary/aromatic N) is 2. The highest BCUT2D eigenvalue weighted by atomic mass is 79.9. The van der Waals surface area contributed by atoms with Gasteiger partial charge in [0.25, 0.3) is 0 Å². The highest BCUT2D eigenvalue weighted by Gasteiger charge is 2.11. The van der Waals surface area contributed by atoms with Crippen molar-refractivity contribution in [3.8, 4) is 0 Å². The lowest BCUT2D eigenvalue weighted by atomic mass is 10.3. The van der Waals surface area contributed by atoms with Crippen molar-refractivity contribution in [3.05, 3.63) is 44.8 Å². The molecule has 3 N–H and O–H groups in total. The van der Waals surface area contributed by atoms with Gasteiger partial charge in [-0.2, -0.15) is 0 Å². The number of hydrogen-bond acceptors (Lipinski definition) is 4. The molecule has 0 saturated heterocycles. The van der Waals surface area contributed by atoms with E-state index < -0.39 is 0 Å². The first-order chi connectivity index (χ1) is 9.17. The van der Waals surface area contributed by atoms with E-state index in [2.05, 4.69) is 27.0 Å². The van der Waals surface area contributed by atoms with E-state index in [4.69, 9.17) is 5.73 Å². The van der Waals surface area contributed by atoms with Crippen LogP contribution in [0.15, 0.2) is 34.1 Å². The van der Waals surface area contributed by atoms with Crippen molar-refractivity contribution in [2.24, 2.45) is 0 Å². The summed E-state index contributed by atoms with van der Waals surface area (Å²) in [6.45, 7) is 0.619. The number of benzene rings is 1. The highest BCUT2D eigenvalue weighted by Crippen LogP contribution is 2.26. The maximum absolute atomic E-state index is 9.45. The molecular formula is C13H12BrN3OS. The lowest BCUT2D eigenvalue weighted by molar-refractivity contribution is 0.267. The number of aliphatic hydroxyl groups excluding tert-OH is 1. The summed E-state index contributed by atoms with van der Waals surface area (Å²) in [6.07, 6.45) is 0. The maximum atomic E-state index is 9.45. The zero-order chi connectivity index (χ0) is 13.4. The van der Waals surface area contributed by atoms with Gasteiger partial charge in [-0.15, -0.1) is 11.3 Å². The Morgan fingerprint density at radius 3 is 2.84 bits per heavy atom. The monoisotopic (exact) mass is 337 g/mol. The molecule has 98 valence electrons. The summed E-state index contributed by atoms with van der Waals surface area (Å²) in [5.41, 5.74) is 8.25. The van der Waals surface area contributed by atoms with E-state index in [1.165, 1.54) is 4.88 Å². The summed E-state index contributed by atoms with van der Waals surface area (Å²) in [5.74, 6) is 0.658. The van der Waals surface area contributed by atoms with Crippen molar-refractivity contribution < 1.29 is 5.11 Å². The summed E-state index contributed by atoms with van der Waals surface area (Å²) in [5, 5.41) is 9.45. The number of aliphatic hydroxyl groups is 1. The van der Waals surface area contributed by atoms with E-state index in [1.54, 1.807) is 11.3 Å². The van der Waals surface area contributed by atoms with Gasteiger partial charge < -0.3 is 15.4 Å². The zero-order valence-corrected chi connectivity index (χ0v) is 12.4. The van der Waals surface area contributed by atoms with Crippen LogP contribution in [-0.4, -0.2) is 14.7 Å². The molecule has 0 aliphatic carbocycles. The molecule has 0 aliphatic heterocycles. The standard InChI is InChI=1S/C13H12BrN3OS/c14-12-4-2-9(19-12)6-17-11-3-1-8(15)5-10(11)16-13(17)7-18/h1-5,18H,6-7,15H2. The van der Waals surface area contributed by atoms with Gasteiger partial charge >= 0.3 is 0 Å². The molecule has 2 heterocycles. The van der Waals surface area contributed by atoms with Crippen molar-refractivity contribution >= 4 is 44.0 Å². The van der Waals surface area contributed by atoms with E-state index >= 15 is 0 Å². The second kappa shape index (κ2) is 4.96. The number of hydrogen-bond donors (Lipinski definition) is 2. The van der Waals surface area contributed by atoms with Crippen molar-refractivity contribution in [3.63, 3.8) is 0 Å². The van der Waals surface area contributed by atoms with Gasteiger partial charge in [0.05, 0.1) is 21.4 Å². The van der Waals surface area contributed by atoms with Crippen LogP contribution in [-0.2, 0) is 13.2 Å². The van der Waals surface area contributed by atoms with E-state index in [1.807, 2.05) is 28.8 Å². The SMILES string of the molecule is Nc1ccc2c(c1)nc(CO)n2Cc1ccc(Br)s1. The van der Waals surface area contributed by atoms with Crippen molar-refractivity contribution in [1.82, 2.24) is 9.55 Å². The molecule has 0 bridgehead atoms. The fourth-order valence-corrected chi connectivity index (χ4v) is 3.56. The third-order valence-electron chi connectivity index (χ3n) is 2.94. The van der Waals surface area contributed by atoms with Crippen molar-refractivity contribution in [2.45, 2.75) is 13.2 Å². The number of fused-ring (bicyclic) bond motifs is 1. The molecule has 0 aliphatic rings. The number of imidazole rings is 1. The van der Waals surface area contributed by atoms with Crippen LogP contribution >= 0.6 is 27.3 Å². The lowest BCUT2D eigenvalue weighted by Gasteiger charge is -2.06. The van der Waals surface area contributed by atoms with Crippen LogP contribution < -0.4 is 5.73 Å². The molecule has 0 fully saturated rings. The second-order valence-corrected chi connectivity index (χ2v) is 6.77. The molecule has 3 aromatic rings. The van der Waals surface area contributed by atoms with Crippen LogP contribution in [0.2, 0.25) is 0 Å². The number of thiophene rings is 1. The minimum absolute atomic E-state index is 0.0822. The van der Waals surface area contributed by atoms with Crippen LogP contribution in [0.25, 0.3) is 11.0 Å². The van der Waals surface area contributed by atoms with Gasteiger partial charge in [0.2, 0.25) is 0 Å². The number of halogens is 1. The Morgan fingerprint density at radius 2 is 2.16 bits per heavy atom. The second-order valence-electron chi connectivity index (χ2n) is 4.23. The first-order valence-electron chi connectivity index (χ1n) is 5.77. The number of nitrogen functional groups attached to an aromatic ring is 1. The third-order valence-corrected chi connectivity index (χ3v) is 4.54. The zero-order valence-electron chi connectivity index (χ0n) is 10.0. The van der Waals surface area contributed by atoms with Crippen LogP contribution in [0, 0.1) is 0 Å². The lowest BCUT2D eigenvalue weighted by Crippen LogP contribution is -2.03. The molecule has 0 atom stereocenters. The molecule has 0 saturated carbocycles. The van der Waals surface area contributed by atoms with Gasteiger partial charge in [-0.25, -0.2) is 4.98 Å². The number of nitrogens with two attached hydrogens (primary N) is 1. The van der Waals surface area contributed by atoms with Gasteiger partial charge in [-0.05, 0) is 46.3 Å². The fraction of sp³-hybridized carbons (Fsp3) is 0.154. The van der Waals surface area contributed by atoms with Crippen LogP contribution in [0.5, 0.6) is 0 Å². The first-order valence-corrected chi connectivity index (χ1v) is 7.38. The summed E-state index contributed by atoms with van der Waals surface area (Å²) in [4.78, 5) is 5.63. The number of anilines is 1. The Hall–Kier alpha value is -1.37. The Morgan fingerprint density at radius 1 is 1.32 bits per heavy atom. The van der Waals surface area contributed by atoms with Gasteiger partial charge in [0.15, 0.2) is 0 Å². The maximum Gasteiger partial charge on any atom is 0.136 e. The van der Waals surface area contributed by atoms with E-state index in [0.717, 1.165) is 14.8 Å². The quantitative estimate of drug-likeness (QED) is 0.722. The van der Waals surface area contributed by atoms with E-state index in [9.17, 15) is 5.11 Å². The van der Waals surface area contributed by atoms with Crippen LogP contribution in [0.1, 0.15) is 10.7 Å². The van der Waals surface area contributed by atoms with Gasteiger partial charge in [0, 0.05) is 10.6 Å². The van der Waals surface area contributed by atoms with E-state index in [-0.39, 0.29) is 6.61 Å².